The van der Waals surface area contributed by atoms with Crippen molar-refractivity contribution in [1.29, 1.82) is 5.26 Å². The Hall–Kier alpha value is -1.09. The first-order valence-corrected chi connectivity index (χ1v) is 6.82. The summed E-state index contributed by atoms with van der Waals surface area (Å²) in [6.45, 7) is 3.66. The minimum atomic E-state index is -0.0328. The molecule has 18 heavy (non-hydrogen) atoms. The maximum atomic E-state index is 9.99. The summed E-state index contributed by atoms with van der Waals surface area (Å²) >= 11 is 3.41. The Morgan fingerprint density at radius 1 is 1.44 bits per heavy atom. The van der Waals surface area contributed by atoms with Gasteiger partial charge in [-0.05, 0) is 18.2 Å². The second-order valence-electron chi connectivity index (χ2n) is 4.37. The van der Waals surface area contributed by atoms with Gasteiger partial charge >= 0.3 is 0 Å². The molecule has 5 heteroatoms. The van der Waals surface area contributed by atoms with Crippen LogP contribution in [0.1, 0.15) is 18.0 Å². The number of phenolic OH excluding ortho intramolecular Hbond substituents is 1. The number of piperazine rings is 1. The standard InChI is InChI=1S/C13H16BrN3O/c14-10-1-2-13(18)11(9-10)12(3-4-15)17-7-5-16-6-8-17/h1-2,9,12,16,18H,3,5-8H2/t12-/m0/s1. The van der Waals surface area contributed by atoms with Gasteiger partial charge in [0.25, 0.3) is 0 Å². The van der Waals surface area contributed by atoms with Crippen LogP contribution in [0.4, 0.5) is 0 Å². The van der Waals surface area contributed by atoms with E-state index in [0.717, 1.165) is 36.2 Å². The van der Waals surface area contributed by atoms with Gasteiger partial charge in [0.2, 0.25) is 0 Å². The van der Waals surface area contributed by atoms with Crippen LogP contribution < -0.4 is 5.32 Å². The van der Waals surface area contributed by atoms with Crippen molar-refractivity contribution in [3.63, 3.8) is 0 Å². The number of nitrogens with one attached hydrogen (secondary N) is 1. The molecule has 1 saturated heterocycles. The van der Waals surface area contributed by atoms with Gasteiger partial charge in [0.1, 0.15) is 5.75 Å². The van der Waals surface area contributed by atoms with E-state index in [0.29, 0.717) is 6.42 Å². The summed E-state index contributed by atoms with van der Waals surface area (Å²) < 4.78 is 0.924. The molecule has 1 aliphatic rings. The minimum Gasteiger partial charge on any atom is -0.508 e. The number of hydrogen-bond donors (Lipinski definition) is 2. The fraction of sp³-hybridized carbons (Fsp3) is 0.462. The predicted octanol–water partition coefficient (Wildman–Crippen LogP) is 2.01. The number of rotatable bonds is 3. The van der Waals surface area contributed by atoms with E-state index in [4.69, 9.17) is 5.26 Å². The highest BCUT2D eigenvalue weighted by Crippen LogP contribution is 2.33. The number of nitriles is 1. The van der Waals surface area contributed by atoms with Gasteiger partial charge in [-0.3, -0.25) is 4.90 Å². The van der Waals surface area contributed by atoms with Crippen LogP contribution >= 0.6 is 15.9 Å². The van der Waals surface area contributed by atoms with Gasteiger partial charge in [-0.15, -0.1) is 0 Å². The van der Waals surface area contributed by atoms with E-state index in [9.17, 15) is 5.11 Å². The zero-order chi connectivity index (χ0) is 13.0. The average molecular weight is 310 g/mol. The number of nitrogens with zero attached hydrogens (tertiary/aromatic N) is 2. The quantitative estimate of drug-likeness (QED) is 0.897. The summed E-state index contributed by atoms with van der Waals surface area (Å²) in [6.07, 6.45) is 0.393. The molecule has 0 bridgehead atoms. The summed E-state index contributed by atoms with van der Waals surface area (Å²) in [4.78, 5) is 2.25. The van der Waals surface area contributed by atoms with E-state index in [1.807, 2.05) is 6.07 Å². The largest absolute Gasteiger partial charge is 0.508 e. The Morgan fingerprint density at radius 2 is 2.17 bits per heavy atom. The third-order valence-electron chi connectivity index (χ3n) is 3.23. The molecule has 1 atom stereocenters. The monoisotopic (exact) mass is 309 g/mol. The van der Waals surface area contributed by atoms with Crippen molar-refractivity contribution >= 4 is 15.9 Å². The van der Waals surface area contributed by atoms with Crippen molar-refractivity contribution in [3.05, 3.63) is 28.2 Å². The zero-order valence-corrected chi connectivity index (χ0v) is 11.7. The molecule has 1 aromatic rings. The molecule has 1 heterocycles. The summed E-state index contributed by atoms with van der Waals surface area (Å²) in [7, 11) is 0. The fourth-order valence-electron chi connectivity index (χ4n) is 2.31. The molecule has 2 rings (SSSR count). The lowest BCUT2D eigenvalue weighted by atomic mass is 10.0. The molecular weight excluding hydrogens is 294 g/mol. The van der Waals surface area contributed by atoms with E-state index in [-0.39, 0.29) is 11.8 Å². The predicted molar refractivity (Wildman–Crippen MR) is 73.2 cm³/mol. The minimum absolute atomic E-state index is 0.0328. The van der Waals surface area contributed by atoms with Crippen molar-refractivity contribution in [3.8, 4) is 11.8 Å². The molecule has 0 spiro atoms. The van der Waals surface area contributed by atoms with E-state index in [2.05, 4.69) is 32.2 Å². The molecule has 0 unspecified atom stereocenters. The van der Waals surface area contributed by atoms with Crippen LogP contribution in [0.15, 0.2) is 22.7 Å². The molecule has 0 aromatic heterocycles. The van der Waals surface area contributed by atoms with Crippen LogP contribution in [0, 0.1) is 11.3 Å². The first-order valence-electron chi connectivity index (χ1n) is 6.02. The Labute approximate surface area is 115 Å². The highest BCUT2D eigenvalue weighted by molar-refractivity contribution is 9.10. The van der Waals surface area contributed by atoms with Crippen molar-refractivity contribution < 1.29 is 5.11 Å². The molecule has 0 radical (unpaired) electrons. The summed E-state index contributed by atoms with van der Waals surface area (Å²) in [5, 5.41) is 22.3. The van der Waals surface area contributed by atoms with Gasteiger partial charge in [-0.1, -0.05) is 15.9 Å². The summed E-state index contributed by atoms with van der Waals surface area (Å²) in [5.41, 5.74) is 0.827. The molecule has 1 aliphatic heterocycles. The van der Waals surface area contributed by atoms with E-state index < -0.39 is 0 Å². The summed E-state index contributed by atoms with van der Waals surface area (Å²) in [6, 6.07) is 7.57. The Bertz CT molecular complexity index is 452. The zero-order valence-electron chi connectivity index (χ0n) is 10.1. The smallest absolute Gasteiger partial charge is 0.120 e. The Morgan fingerprint density at radius 3 is 2.83 bits per heavy atom. The molecule has 4 nitrogen and oxygen atoms in total. The lowest BCUT2D eigenvalue weighted by Gasteiger charge is -2.34. The van der Waals surface area contributed by atoms with Crippen molar-refractivity contribution in [1.82, 2.24) is 10.2 Å². The topological polar surface area (TPSA) is 59.3 Å². The third-order valence-corrected chi connectivity index (χ3v) is 3.72. The third kappa shape index (κ3) is 3.02. The SMILES string of the molecule is N#CC[C@@H](c1cc(Br)ccc1O)N1CCNCC1. The molecule has 0 saturated carbocycles. The van der Waals surface area contributed by atoms with Gasteiger partial charge < -0.3 is 10.4 Å². The van der Waals surface area contributed by atoms with Crippen LogP contribution in [0.5, 0.6) is 5.75 Å². The average Bonchev–Trinajstić information content (AvgIpc) is 2.40. The van der Waals surface area contributed by atoms with Crippen LogP contribution in [0.25, 0.3) is 0 Å². The van der Waals surface area contributed by atoms with E-state index in [1.54, 1.807) is 12.1 Å². The second kappa shape index (κ2) is 6.19. The highest BCUT2D eigenvalue weighted by Gasteiger charge is 2.24. The van der Waals surface area contributed by atoms with E-state index in [1.165, 1.54) is 0 Å². The van der Waals surface area contributed by atoms with Crippen LogP contribution in [0.2, 0.25) is 0 Å². The van der Waals surface area contributed by atoms with Crippen molar-refractivity contribution in [2.45, 2.75) is 12.5 Å². The molecule has 2 N–H and O–H groups in total. The Balaban J connectivity index is 2.28. The number of halogens is 1. The molecular formula is C13H16BrN3O. The first-order chi connectivity index (χ1) is 8.72. The highest BCUT2D eigenvalue weighted by atomic mass is 79.9. The first kappa shape index (κ1) is 13.3. The summed E-state index contributed by atoms with van der Waals surface area (Å²) in [5.74, 6) is 0.261. The number of aromatic hydroxyl groups is 1. The van der Waals surface area contributed by atoms with Gasteiger partial charge in [0, 0.05) is 36.2 Å². The molecule has 0 amide bonds. The van der Waals surface area contributed by atoms with Gasteiger partial charge in [-0.25, -0.2) is 0 Å². The van der Waals surface area contributed by atoms with Crippen LogP contribution in [-0.2, 0) is 0 Å². The van der Waals surface area contributed by atoms with Crippen molar-refractivity contribution in [2.24, 2.45) is 0 Å². The van der Waals surface area contributed by atoms with Gasteiger partial charge in [0.05, 0.1) is 18.5 Å². The molecule has 0 aliphatic carbocycles. The number of benzene rings is 1. The maximum absolute atomic E-state index is 9.99. The van der Waals surface area contributed by atoms with Gasteiger partial charge in [0.15, 0.2) is 0 Å². The normalized spacial score (nSPS) is 18.2. The van der Waals surface area contributed by atoms with Crippen molar-refractivity contribution in [2.75, 3.05) is 26.2 Å². The lowest BCUT2D eigenvalue weighted by molar-refractivity contribution is 0.173. The maximum Gasteiger partial charge on any atom is 0.120 e. The molecule has 96 valence electrons. The number of hydrogen-bond acceptors (Lipinski definition) is 4. The lowest BCUT2D eigenvalue weighted by Crippen LogP contribution is -2.45. The fourth-order valence-corrected chi connectivity index (χ4v) is 2.69. The molecule has 1 fully saturated rings. The van der Waals surface area contributed by atoms with Crippen LogP contribution in [0.3, 0.4) is 0 Å². The Kier molecular flexibility index (Phi) is 4.59. The second-order valence-corrected chi connectivity index (χ2v) is 5.28. The van der Waals surface area contributed by atoms with Gasteiger partial charge in [-0.2, -0.15) is 5.26 Å². The van der Waals surface area contributed by atoms with E-state index >= 15 is 0 Å². The van der Waals surface area contributed by atoms with Crippen LogP contribution in [-0.4, -0.2) is 36.2 Å². The number of phenols is 1. The molecule has 1 aromatic carbocycles.